The molecule has 36 heavy (non-hydrogen) atoms. The average Bonchev–Trinajstić information content (AvgIpc) is 3.21. The number of methoxy groups -OCH3 is 1. The van der Waals surface area contributed by atoms with Gasteiger partial charge in [0.1, 0.15) is 12.4 Å². The van der Waals surface area contributed by atoms with Crippen LogP contribution in [0.1, 0.15) is 36.1 Å². The van der Waals surface area contributed by atoms with E-state index in [1.807, 2.05) is 36.3 Å². The number of thioether (sulfide) groups is 1. The largest absolute Gasteiger partial charge is 0.460 e. The zero-order valence-corrected chi connectivity index (χ0v) is 21.4. The lowest BCUT2D eigenvalue weighted by Gasteiger charge is -2.37. The molecule has 0 bridgehead atoms. The van der Waals surface area contributed by atoms with E-state index in [0.717, 1.165) is 16.7 Å². The Kier molecular flexibility index (Phi) is 7.91. The number of benzene rings is 2. The minimum absolute atomic E-state index is 0.0514. The number of esters is 1. The first-order valence-corrected chi connectivity index (χ1v) is 12.4. The quantitative estimate of drug-likeness (QED) is 0.388. The summed E-state index contributed by atoms with van der Waals surface area (Å²) in [4.78, 5) is 32.8. The van der Waals surface area contributed by atoms with Crippen LogP contribution in [0.15, 0.2) is 69.8 Å². The monoisotopic (exact) mass is 509 g/mol. The second-order valence-corrected chi connectivity index (χ2v) is 9.45. The van der Waals surface area contributed by atoms with Gasteiger partial charge in [0.05, 0.1) is 30.3 Å². The summed E-state index contributed by atoms with van der Waals surface area (Å²) in [6, 6.07) is 11.2. The molecule has 0 fully saturated rings. The molecule has 4 rings (SSSR count). The number of amides is 1. The molecule has 2 heterocycles. The van der Waals surface area contributed by atoms with E-state index in [-0.39, 0.29) is 31.4 Å². The molecule has 0 spiro atoms. The predicted octanol–water partition coefficient (Wildman–Crippen LogP) is 5.24. The number of halogens is 1. The summed E-state index contributed by atoms with van der Waals surface area (Å²) in [7, 11) is 1.55. The minimum atomic E-state index is -0.506. The van der Waals surface area contributed by atoms with Crippen LogP contribution >= 0.6 is 11.8 Å². The number of fused-ring (bicyclic) bond motifs is 1. The standard InChI is InChI=1S/C27H28FN3O4S/c1-16-5-10-22(17(2)13-16)25-24(26(33)35-12-11-34-4)18(3)29-27-31(25)21(15-36-27)14-23(32)30-20-8-6-19(28)7-9-20/h5-10,13,15,25H,11-12,14H2,1-4H3,(H,30,32). The van der Waals surface area contributed by atoms with Crippen molar-refractivity contribution in [2.45, 2.75) is 33.2 Å². The Balaban J connectivity index is 1.66. The number of amidine groups is 1. The maximum atomic E-state index is 13.3. The van der Waals surface area contributed by atoms with Gasteiger partial charge in [0.15, 0.2) is 5.17 Å². The molecule has 0 radical (unpaired) electrons. The van der Waals surface area contributed by atoms with Crippen molar-refractivity contribution >= 4 is 34.5 Å². The van der Waals surface area contributed by atoms with E-state index in [1.165, 1.54) is 36.0 Å². The van der Waals surface area contributed by atoms with Crippen molar-refractivity contribution < 1.29 is 23.5 Å². The van der Waals surface area contributed by atoms with Crippen LogP contribution in [-0.4, -0.2) is 42.3 Å². The number of aliphatic imine (C=N–C) groups is 1. The first-order chi connectivity index (χ1) is 17.3. The number of aryl methyl sites for hydroxylation is 2. The zero-order valence-electron chi connectivity index (χ0n) is 20.6. The first-order valence-electron chi connectivity index (χ1n) is 11.5. The third kappa shape index (κ3) is 5.52. The fourth-order valence-electron chi connectivity index (χ4n) is 4.26. The normalized spacial score (nSPS) is 16.9. The van der Waals surface area contributed by atoms with Crippen molar-refractivity contribution in [1.29, 1.82) is 0 Å². The number of hydrogen-bond acceptors (Lipinski definition) is 7. The molecule has 0 aliphatic carbocycles. The number of anilines is 1. The lowest BCUT2D eigenvalue weighted by Crippen LogP contribution is -2.38. The number of carbonyl (C=O) groups is 2. The summed E-state index contributed by atoms with van der Waals surface area (Å²) in [6.45, 7) is 6.23. The number of allylic oxidation sites excluding steroid dienone is 1. The van der Waals surface area contributed by atoms with Crippen molar-refractivity contribution in [1.82, 2.24) is 4.90 Å². The van der Waals surface area contributed by atoms with E-state index in [2.05, 4.69) is 16.4 Å². The predicted molar refractivity (Wildman–Crippen MR) is 139 cm³/mol. The third-order valence-electron chi connectivity index (χ3n) is 5.93. The first kappa shape index (κ1) is 25.7. The van der Waals surface area contributed by atoms with E-state index < -0.39 is 12.0 Å². The van der Waals surface area contributed by atoms with E-state index >= 15 is 0 Å². The fraction of sp³-hybridized carbons (Fsp3) is 0.296. The summed E-state index contributed by atoms with van der Waals surface area (Å²) < 4.78 is 23.8. The molecule has 188 valence electrons. The van der Waals surface area contributed by atoms with Crippen LogP contribution in [0.3, 0.4) is 0 Å². The van der Waals surface area contributed by atoms with Crippen LogP contribution in [0.4, 0.5) is 10.1 Å². The highest BCUT2D eigenvalue weighted by atomic mass is 32.2. The van der Waals surface area contributed by atoms with Crippen molar-refractivity contribution in [3.05, 3.63) is 87.3 Å². The summed E-state index contributed by atoms with van der Waals surface area (Å²) in [6.07, 6.45) is 0.0514. The molecule has 2 aromatic carbocycles. The van der Waals surface area contributed by atoms with Crippen LogP contribution in [0.25, 0.3) is 0 Å². The molecule has 0 saturated carbocycles. The highest BCUT2D eigenvalue weighted by molar-refractivity contribution is 8.16. The molecule has 2 aliphatic rings. The van der Waals surface area contributed by atoms with Gasteiger partial charge in [-0.15, -0.1) is 0 Å². The molecule has 9 heteroatoms. The Labute approximate surface area is 214 Å². The minimum Gasteiger partial charge on any atom is -0.460 e. The van der Waals surface area contributed by atoms with Crippen LogP contribution < -0.4 is 5.32 Å². The lowest BCUT2D eigenvalue weighted by molar-refractivity contribution is -0.141. The number of carbonyl (C=O) groups excluding carboxylic acids is 2. The molecule has 2 aromatic rings. The van der Waals surface area contributed by atoms with E-state index in [4.69, 9.17) is 9.47 Å². The molecule has 2 aliphatic heterocycles. The van der Waals surface area contributed by atoms with Crippen molar-refractivity contribution in [2.75, 3.05) is 25.6 Å². The van der Waals surface area contributed by atoms with Gasteiger partial charge in [0.2, 0.25) is 5.91 Å². The van der Waals surface area contributed by atoms with Crippen LogP contribution in [0.2, 0.25) is 0 Å². The average molecular weight is 510 g/mol. The Morgan fingerprint density at radius 3 is 2.56 bits per heavy atom. The Morgan fingerprint density at radius 2 is 1.86 bits per heavy atom. The van der Waals surface area contributed by atoms with Gasteiger partial charge >= 0.3 is 5.97 Å². The van der Waals surface area contributed by atoms with Gasteiger partial charge in [-0.05, 0) is 61.6 Å². The van der Waals surface area contributed by atoms with Gasteiger partial charge in [0, 0.05) is 18.5 Å². The lowest BCUT2D eigenvalue weighted by atomic mass is 9.90. The topological polar surface area (TPSA) is 80.2 Å². The molecule has 0 aromatic heterocycles. The number of hydrogen-bond donors (Lipinski definition) is 1. The zero-order chi connectivity index (χ0) is 25.8. The summed E-state index contributed by atoms with van der Waals surface area (Å²) >= 11 is 1.41. The highest BCUT2D eigenvalue weighted by Gasteiger charge is 2.41. The molecular formula is C27H28FN3O4S. The SMILES string of the molecule is COCCOC(=O)C1=C(C)N=C2SC=C(CC(=O)Nc3ccc(F)cc3)N2C1c1ccc(C)cc1C. The van der Waals surface area contributed by atoms with Crippen LogP contribution in [0, 0.1) is 19.7 Å². The Bertz CT molecular complexity index is 1270. The Hall–Kier alpha value is -3.43. The number of nitrogens with one attached hydrogen (secondary N) is 1. The number of ether oxygens (including phenoxy) is 2. The van der Waals surface area contributed by atoms with E-state index in [1.54, 1.807) is 14.0 Å². The van der Waals surface area contributed by atoms with Gasteiger partial charge in [-0.1, -0.05) is 35.5 Å². The molecule has 1 atom stereocenters. The second-order valence-electron chi connectivity index (χ2n) is 8.61. The van der Waals surface area contributed by atoms with Crippen LogP contribution in [0.5, 0.6) is 0 Å². The van der Waals surface area contributed by atoms with Gasteiger partial charge in [-0.2, -0.15) is 0 Å². The summed E-state index contributed by atoms with van der Waals surface area (Å²) in [5.74, 6) is -1.10. The van der Waals surface area contributed by atoms with Crippen LogP contribution in [-0.2, 0) is 19.1 Å². The number of nitrogens with zero attached hydrogens (tertiary/aromatic N) is 2. The van der Waals surface area contributed by atoms with Crippen molar-refractivity contribution in [3.63, 3.8) is 0 Å². The maximum Gasteiger partial charge on any atom is 0.338 e. The van der Waals surface area contributed by atoms with Gasteiger partial charge in [-0.25, -0.2) is 14.2 Å². The maximum absolute atomic E-state index is 13.3. The smallest absolute Gasteiger partial charge is 0.338 e. The molecule has 1 unspecified atom stereocenters. The van der Waals surface area contributed by atoms with E-state index in [9.17, 15) is 14.0 Å². The summed E-state index contributed by atoms with van der Waals surface area (Å²) in [5, 5.41) is 5.37. The molecule has 1 N–H and O–H groups in total. The van der Waals surface area contributed by atoms with Gasteiger partial charge < -0.3 is 19.7 Å². The van der Waals surface area contributed by atoms with Crippen molar-refractivity contribution in [3.8, 4) is 0 Å². The van der Waals surface area contributed by atoms with Crippen molar-refractivity contribution in [2.24, 2.45) is 4.99 Å². The summed E-state index contributed by atoms with van der Waals surface area (Å²) in [5.41, 5.74) is 5.26. The molecular weight excluding hydrogens is 481 g/mol. The van der Waals surface area contributed by atoms with Gasteiger partial charge in [0.25, 0.3) is 0 Å². The Morgan fingerprint density at radius 1 is 1.11 bits per heavy atom. The second kappa shape index (κ2) is 11.1. The van der Waals surface area contributed by atoms with Gasteiger partial charge in [-0.3, -0.25) is 4.79 Å². The molecule has 0 saturated heterocycles. The highest BCUT2D eigenvalue weighted by Crippen LogP contribution is 2.45. The third-order valence-corrected chi connectivity index (χ3v) is 6.82. The van der Waals surface area contributed by atoms with E-state index in [0.29, 0.717) is 27.8 Å². The molecule has 1 amide bonds. The number of rotatable bonds is 8. The molecule has 7 nitrogen and oxygen atoms in total. The fourth-order valence-corrected chi connectivity index (χ4v) is 5.22.